The predicted molar refractivity (Wildman–Crippen MR) is 68.6 cm³/mol. The fraction of sp³-hybridized carbons (Fsp3) is 0.667. The van der Waals surface area contributed by atoms with Crippen molar-refractivity contribution in [1.29, 1.82) is 0 Å². The average molecular weight is 280 g/mol. The maximum atomic E-state index is 12.6. The summed E-state index contributed by atoms with van der Waals surface area (Å²) in [7, 11) is 0. The lowest BCUT2D eigenvalue weighted by Gasteiger charge is -2.34. The van der Waals surface area contributed by atoms with Crippen molar-refractivity contribution in [3.8, 4) is 0 Å². The number of rotatable bonds is 6. The van der Waals surface area contributed by atoms with Gasteiger partial charge in [0.05, 0.1) is 12.6 Å². The van der Waals surface area contributed by atoms with Crippen LogP contribution in [0.3, 0.4) is 0 Å². The summed E-state index contributed by atoms with van der Waals surface area (Å²) in [6.45, 7) is 3.10. The van der Waals surface area contributed by atoms with Gasteiger partial charge in [-0.25, -0.2) is 0 Å². The molecule has 0 spiro atoms. The molecule has 0 aliphatic carbocycles. The van der Waals surface area contributed by atoms with Crippen LogP contribution in [0.4, 0.5) is 13.2 Å². The third-order valence-corrected chi connectivity index (χ3v) is 3.37. The van der Waals surface area contributed by atoms with Crippen molar-refractivity contribution < 1.29 is 13.2 Å². The third kappa shape index (κ3) is 4.59. The molecule has 0 aromatic carbocycles. The van der Waals surface area contributed by atoms with Crippen LogP contribution in [0, 0.1) is 0 Å². The van der Waals surface area contributed by atoms with Crippen molar-refractivity contribution in [1.82, 2.24) is 4.90 Å². The highest BCUT2D eigenvalue weighted by Crippen LogP contribution is 2.29. The number of alkyl halides is 3. The van der Waals surface area contributed by atoms with E-state index in [2.05, 4.69) is 0 Å². The molecule has 2 atom stereocenters. The third-order valence-electron chi connectivity index (χ3n) is 2.67. The first-order valence-corrected chi connectivity index (χ1v) is 6.88. The molecular weight excluding hydrogens is 261 g/mol. The van der Waals surface area contributed by atoms with Gasteiger partial charge in [-0.2, -0.15) is 24.5 Å². The topological polar surface area (TPSA) is 29.3 Å². The van der Waals surface area contributed by atoms with Crippen molar-refractivity contribution in [2.45, 2.75) is 38.5 Å². The van der Waals surface area contributed by atoms with Gasteiger partial charge in [0.25, 0.3) is 0 Å². The molecule has 0 bridgehead atoms. The molecule has 18 heavy (non-hydrogen) atoms. The normalized spacial score (nSPS) is 15.9. The second-order valence-electron chi connectivity index (χ2n) is 4.45. The molecule has 6 heteroatoms. The maximum absolute atomic E-state index is 12.6. The Morgan fingerprint density at radius 2 is 2.11 bits per heavy atom. The van der Waals surface area contributed by atoms with Gasteiger partial charge in [-0.05, 0) is 42.3 Å². The molecule has 0 saturated heterocycles. The second-order valence-corrected chi connectivity index (χ2v) is 5.23. The molecule has 1 aromatic heterocycles. The van der Waals surface area contributed by atoms with Crippen molar-refractivity contribution in [2.24, 2.45) is 5.73 Å². The van der Waals surface area contributed by atoms with Gasteiger partial charge in [-0.3, -0.25) is 4.90 Å². The van der Waals surface area contributed by atoms with E-state index in [4.69, 9.17) is 5.73 Å². The largest absolute Gasteiger partial charge is 0.401 e. The monoisotopic (exact) mass is 280 g/mol. The molecule has 0 amide bonds. The van der Waals surface area contributed by atoms with Crippen LogP contribution in [0.25, 0.3) is 0 Å². The van der Waals surface area contributed by atoms with Gasteiger partial charge in [0, 0.05) is 6.04 Å². The fourth-order valence-corrected chi connectivity index (χ4v) is 2.81. The van der Waals surface area contributed by atoms with Crippen molar-refractivity contribution >= 4 is 11.3 Å². The Morgan fingerprint density at radius 3 is 2.50 bits per heavy atom. The highest BCUT2D eigenvalue weighted by atomic mass is 32.1. The number of thiophene rings is 1. The van der Waals surface area contributed by atoms with Crippen LogP contribution in [0.1, 0.15) is 31.9 Å². The van der Waals surface area contributed by atoms with Crippen molar-refractivity contribution in [3.63, 3.8) is 0 Å². The van der Waals surface area contributed by atoms with E-state index in [0.29, 0.717) is 13.0 Å². The lowest BCUT2D eigenvalue weighted by molar-refractivity contribution is -0.152. The Kier molecular flexibility index (Phi) is 5.62. The molecule has 0 fully saturated rings. The smallest absolute Gasteiger partial charge is 0.326 e. The van der Waals surface area contributed by atoms with E-state index in [1.165, 1.54) is 16.2 Å². The van der Waals surface area contributed by atoms with Gasteiger partial charge < -0.3 is 5.73 Å². The summed E-state index contributed by atoms with van der Waals surface area (Å²) in [5.41, 5.74) is 6.74. The first-order valence-electron chi connectivity index (χ1n) is 5.93. The van der Waals surface area contributed by atoms with E-state index in [9.17, 15) is 13.2 Å². The molecule has 0 radical (unpaired) electrons. The molecule has 1 rings (SSSR count). The van der Waals surface area contributed by atoms with Crippen molar-refractivity contribution in [3.05, 3.63) is 22.4 Å². The average Bonchev–Trinajstić information content (AvgIpc) is 2.68. The fourth-order valence-electron chi connectivity index (χ4n) is 2.12. The van der Waals surface area contributed by atoms with Crippen molar-refractivity contribution in [2.75, 3.05) is 13.1 Å². The zero-order valence-electron chi connectivity index (χ0n) is 10.6. The summed E-state index contributed by atoms with van der Waals surface area (Å²) >= 11 is 1.48. The number of nitrogens with two attached hydrogens (primary N) is 1. The SMILES string of the molecule is CCCN(CC(F)(F)F)C(c1ccsc1)C(C)N. The lowest BCUT2D eigenvalue weighted by Crippen LogP contribution is -2.44. The van der Waals surface area contributed by atoms with E-state index in [1.807, 2.05) is 23.8 Å². The number of halogens is 3. The van der Waals surface area contributed by atoms with Gasteiger partial charge in [-0.15, -0.1) is 0 Å². The van der Waals surface area contributed by atoms with E-state index in [1.54, 1.807) is 6.92 Å². The molecule has 1 aromatic rings. The predicted octanol–water partition coefficient (Wildman–Crippen LogP) is 3.41. The van der Waals surface area contributed by atoms with E-state index >= 15 is 0 Å². The summed E-state index contributed by atoms with van der Waals surface area (Å²) in [6, 6.07) is 1.13. The van der Waals surface area contributed by atoms with Gasteiger partial charge in [0.15, 0.2) is 0 Å². The van der Waals surface area contributed by atoms with Crippen LogP contribution < -0.4 is 5.73 Å². The Balaban J connectivity index is 2.92. The zero-order chi connectivity index (χ0) is 13.8. The molecular formula is C12H19F3N2S. The number of nitrogens with zero attached hydrogens (tertiary/aromatic N) is 1. The number of hydrogen-bond acceptors (Lipinski definition) is 3. The Labute approximate surface area is 110 Å². The summed E-state index contributed by atoms with van der Waals surface area (Å²) in [6.07, 6.45) is -3.53. The quantitative estimate of drug-likeness (QED) is 0.865. The van der Waals surface area contributed by atoms with Crippen LogP contribution in [0.15, 0.2) is 16.8 Å². The van der Waals surface area contributed by atoms with Crippen LogP contribution >= 0.6 is 11.3 Å². The molecule has 0 aliphatic heterocycles. The molecule has 0 aliphatic rings. The summed E-state index contributed by atoms with van der Waals surface area (Å²) in [5, 5.41) is 3.73. The molecule has 2 N–H and O–H groups in total. The number of hydrogen-bond donors (Lipinski definition) is 1. The highest BCUT2D eigenvalue weighted by Gasteiger charge is 2.35. The summed E-state index contributed by atoms with van der Waals surface area (Å²) < 4.78 is 37.8. The van der Waals surface area contributed by atoms with Crippen LogP contribution in [-0.2, 0) is 0 Å². The minimum Gasteiger partial charge on any atom is -0.326 e. The van der Waals surface area contributed by atoms with Crippen LogP contribution in [0.5, 0.6) is 0 Å². The van der Waals surface area contributed by atoms with Crippen LogP contribution in [-0.4, -0.2) is 30.2 Å². The van der Waals surface area contributed by atoms with Crippen LogP contribution in [0.2, 0.25) is 0 Å². The maximum Gasteiger partial charge on any atom is 0.401 e. The minimum atomic E-state index is -4.20. The van der Waals surface area contributed by atoms with E-state index < -0.39 is 12.7 Å². The molecule has 104 valence electrons. The Hall–Kier alpha value is -0.590. The van der Waals surface area contributed by atoms with Gasteiger partial charge >= 0.3 is 6.18 Å². The Bertz CT molecular complexity index is 336. The first kappa shape index (κ1) is 15.5. The molecule has 0 saturated carbocycles. The first-order chi connectivity index (χ1) is 8.35. The van der Waals surface area contributed by atoms with Gasteiger partial charge in [0.1, 0.15) is 0 Å². The molecule has 2 unspecified atom stereocenters. The van der Waals surface area contributed by atoms with Gasteiger partial charge in [-0.1, -0.05) is 6.92 Å². The second kappa shape index (κ2) is 6.54. The zero-order valence-corrected chi connectivity index (χ0v) is 11.4. The van der Waals surface area contributed by atoms with Gasteiger partial charge in [0.2, 0.25) is 0 Å². The Morgan fingerprint density at radius 1 is 1.44 bits per heavy atom. The summed E-state index contributed by atoms with van der Waals surface area (Å²) in [5.74, 6) is 0. The van der Waals surface area contributed by atoms with E-state index in [-0.39, 0.29) is 12.1 Å². The standard InChI is InChI=1S/C12H19F3N2S/c1-3-5-17(8-12(13,14)15)11(9(2)16)10-4-6-18-7-10/h4,6-7,9,11H,3,5,8,16H2,1-2H3. The molecule has 2 nitrogen and oxygen atoms in total. The van der Waals surface area contributed by atoms with E-state index in [0.717, 1.165) is 5.56 Å². The molecule has 1 heterocycles. The highest BCUT2D eigenvalue weighted by molar-refractivity contribution is 7.07. The minimum absolute atomic E-state index is 0.339. The lowest BCUT2D eigenvalue weighted by atomic mass is 10.0. The summed E-state index contributed by atoms with van der Waals surface area (Å²) in [4.78, 5) is 1.42.